The van der Waals surface area contributed by atoms with E-state index in [1.54, 1.807) is 6.92 Å². The summed E-state index contributed by atoms with van der Waals surface area (Å²) in [5.74, 6) is -0.549. The van der Waals surface area contributed by atoms with Gasteiger partial charge in [0.2, 0.25) is 11.8 Å². The van der Waals surface area contributed by atoms with Gasteiger partial charge in [-0.2, -0.15) is 5.10 Å². The Morgan fingerprint density at radius 1 is 1.52 bits per heavy atom. The van der Waals surface area contributed by atoms with Crippen LogP contribution in [0.3, 0.4) is 0 Å². The van der Waals surface area contributed by atoms with Crippen molar-refractivity contribution in [1.29, 1.82) is 0 Å². The summed E-state index contributed by atoms with van der Waals surface area (Å²) in [5, 5.41) is 19.5. The van der Waals surface area contributed by atoms with Crippen molar-refractivity contribution in [1.82, 2.24) is 20.4 Å². The van der Waals surface area contributed by atoms with Crippen LogP contribution < -0.4 is 10.6 Å². The molecule has 1 rings (SSSR count). The summed E-state index contributed by atoms with van der Waals surface area (Å²) in [6.07, 6.45) is 3.29. The summed E-state index contributed by atoms with van der Waals surface area (Å²) in [6.45, 7) is 4.31. The quantitative estimate of drug-likeness (QED) is 0.525. The van der Waals surface area contributed by atoms with Crippen molar-refractivity contribution in [2.24, 2.45) is 0 Å². The number of carbonyl (C=O) groups excluding carboxylic acids is 2. The molecule has 2 N–H and O–H groups in total. The van der Waals surface area contributed by atoms with Gasteiger partial charge in [0, 0.05) is 19.5 Å². The molecule has 0 aliphatic carbocycles. The second-order valence-electron chi connectivity index (χ2n) is 4.55. The summed E-state index contributed by atoms with van der Waals surface area (Å²) < 4.78 is 1.32. The highest BCUT2D eigenvalue weighted by Crippen LogP contribution is 2.07. The van der Waals surface area contributed by atoms with Gasteiger partial charge in [-0.15, -0.1) is 0 Å². The Bertz CT molecular complexity index is 514. The molecule has 0 aliphatic heterocycles. The molecule has 1 aromatic heterocycles. The predicted octanol–water partition coefficient (Wildman–Crippen LogP) is 0.212. The van der Waals surface area contributed by atoms with Crippen molar-refractivity contribution in [2.45, 2.75) is 39.3 Å². The van der Waals surface area contributed by atoms with Crippen LogP contribution in [0.4, 0.5) is 5.69 Å². The van der Waals surface area contributed by atoms with Gasteiger partial charge in [0.15, 0.2) is 0 Å². The first-order valence-corrected chi connectivity index (χ1v) is 6.68. The van der Waals surface area contributed by atoms with Crippen LogP contribution in [0.25, 0.3) is 0 Å². The molecule has 1 heterocycles. The van der Waals surface area contributed by atoms with Crippen LogP contribution in [0.2, 0.25) is 0 Å². The fourth-order valence-electron chi connectivity index (χ4n) is 1.57. The van der Waals surface area contributed by atoms with E-state index >= 15 is 0 Å². The second-order valence-corrected chi connectivity index (χ2v) is 4.55. The van der Waals surface area contributed by atoms with Crippen LogP contribution in [0, 0.1) is 10.1 Å². The number of nitro groups is 1. The molecule has 0 saturated heterocycles. The molecule has 0 fully saturated rings. The summed E-state index contributed by atoms with van der Waals surface area (Å²) >= 11 is 0. The van der Waals surface area contributed by atoms with E-state index < -0.39 is 11.0 Å². The maximum atomic E-state index is 11.7. The molecular weight excluding hydrogens is 278 g/mol. The largest absolute Gasteiger partial charge is 0.354 e. The van der Waals surface area contributed by atoms with Gasteiger partial charge in [0.1, 0.15) is 18.4 Å². The molecule has 116 valence electrons. The highest BCUT2D eigenvalue weighted by atomic mass is 16.6. The number of nitrogens with zero attached hydrogens (tertiary/aromatic N) is 3. The highest BCUT2D eigenvalue weighted by molar-refractivity contribution is 5.87. The normalized spacial score (nSPS) is 11.7. The van der Waals surface area contributed by atoms with Crippen molar-refractivity contribution < 1.29 is 14.5 Å². The molecule has 0 unspecified atom stereocenters. The molecular formula is C12H19N5O4. The van der Waals surface area contributed by atoms with Crippen LogP contribution >= 0.6 is 0 Å². The van der Waals surface area contributed by atoms with Gasteiger partial charge in [-0.1, -0.05) is 6.92 Å². The average Bonchev–Trinajstić information content (AvgIpc) is 2.91. The van der Waals surface area contributed by atoms with E-state index in [0.717, 1.165) is 12.6 Å². The average molecular weight is 297 g/mol. The SMILES string of the molecule is CCCNC(=O)[C@H](C)NC(=O)CCn1cc([N+](=O)[O-])cn1. The third kappa shape index (κ3) is 5.59. The van der Waals surface area contributed by atoms with Crippen molar-refractivity contribution in [3.8, 4) is 0 Å². The van der Waals surface area contributed by atoms with E-state index in [0.29, 0.717) is 6.54 Å². The summed E-state index contributed by atoms with van der Waals surface area (Å²) in [5.41, 5.74) is -0.122. The first kappa shape index (κ1) is 16.6. The molecule has 2 amide bonds. The number of nitrogens with one attached hydrogen (secondary N) is 2. The lowest BCUT2D eigenvalue weighted by Crippen LogP contribution is -2.45. The lowest BCUT2D eigenvalue weighted by molar-refractivity contribution is -0.385. The van der Waals surface area contributed by atoms with Gasteiger partial charge in [0.05, 0.1) is 4.92 Å². The maximum absolute atomic E-state index is 11.7. The number of aryl methyl sites for hydroxylation is 1. The van der Waals surface area contributed by atoms with E-state index in [1.165, 1.54) is 10.9 Å². The van der Waals surface area contributed by atoms with Crippen LogP contribution in [0.15, 0.2) is 12.4 Å². The van der Waals surface area contributed by atoms with Crippen LogP contribution in [0.5, 0.6) is 0 Å². The number of aromatic nitrogens is 2. The third-order valence-corrected chi connectivity index (χ3v) is 2.72. The van der Waals surface area contributed by atoms with Gasteiger partial charge < -0.3 is 10.6 Å². The molecule has 0 aliphatic rings. The van der Waals surface area contributed by atoms with Crippen LogP contribution in [-0.4, -0.2) is 39.1 Å². The summed E-state index contributed by atoms with van der Waals surface area (Å²) in [4.78, 5) is 33.2. The van der Waals surface area contributed by atoms with Crippen molar-refractivity contribution >= 4 is 17.5 Å². The molecule has 9 heteroatoms. The van der Waals surface area contributed by atoms with Gasteiger partial charge >= 0.3 is 5.69 Å². The number of carbonyl (C=O) groups is 2. The van der Waals surface area contributed by atoms with Gasteiger partial charge in [0.25, 0.3) is 0 Å². The van der Waals surface area contributed by atoms with Crippen LogP contribution in [0.1, 0.15) is 26.7 Å². The Morgan fingerprint density at radius 3 is 2.81 bits per heavy atom. The van der Waals surface area contributed by atoms with E-state index in [4.69, 9.17) is 0 Å². The van der Waals surface area contributed by atoms with Gasteiger partial charge in [-0.3, -0.25) is 24.4 Å². The first-order chi connectivity index (χ1) is 9.93. The predicted molar refractivity (Wildman–Crippen MR) is 74.4 cm³/mol. The van der Waals surface area contributed by atoms with E-state index in [1.807, 2.05) is 6.92 Å². The number of rotatable bonds is 8. The Morgan fingerprint density at radius 2 is 2.24 bits per heavy atom. The zero-order valence-electron chi connectivity index (χ0n) is 12.0. The lowest BCUT2D eigenvalue weighted by atomic mass is 10.3. The number of amides is 2. The fraction of sp³-hybridized carbons (Fsp3) is 0.583. The zero-order chi connectivity index (χ0) is 15.8. The van der Waals surface area contributed by atoms with Gasteiger partial charge in [-0.25, -0.2) is 0 Å². The molecule has 0 spiro atoms. The number of hydrogen-bond donors (Lipinski definition) is 2. The van der Waals surface area contributed by atoms with E-state index in [-0.39, 0.29) is 30.5 Å². The highest BCUT2D eigenvalue weighted by Gasteiger charge is 2.15. The first-order valence-electron chi connectivity index (χ1n) is 6.68. The minimum Gasteiger partial charge on any atom is -0.354 e. The molecule has 9 nitrogen and oxygen atoms in total. The minimum atomic E-state index is -0.615. The minimum absolute atomic E-state index is 0.0875. The van der Waals surface area contributed by atoms with E-state index in [9.17, 15) is 19.7 Å². The molecule has 0 bridgehead atoms. The molecule has 1 aromatic rings. The Balaban J connectivity index is 2.36. The van der Waals surface area contributed by atoms with Crippen LogP contribution in [-0.2, 0) is 16.1 Å². The summed E-state index contributed by atoms with van der Waals surface area (Å²) in [6, 6.07) is -0.615. The second kappa shape index (κ2) is 7.98. The fourth-order valence-corrected chi connectivity index (χ4v) is 1.57. The Hall–Kier alpha value is -2.45. The zero-order valence-corrected chi connectivity index (χ0v) is 12.0. The summed E-state index contributed by atoms with van der Waals surface area (Å²) in [7, 11) is 0. The maximum Gasteiger partial charge on any atom is 0.306 e. The number of hydrogen-bond acceptors (Lipinski definition) is 5. The third-order valence-electron chi connectivity index (χ3n) is 2.72. The molecule has 0 saturated carbocycles. The lowest BCUT2D eigenvalue weighted by Gasteiger charge is -2.13. The van der Waals surface area contributed by atoms with Crippen molar-refractivity contribution in [3.05, 3.63) is 22.5 Å². The molecule has 1 atom stereocenters. The molecule has 0 radical (unpaired) electrons. The smallest absolute Gasteiger partial charge is 0.306 e. The monoisotopic (exact) mass is 297 g/mol. The van der Waals surface area contributed by atoms with Crippen molar-refractivity contribution in [3.63, 3.8) is 0 Å². The molecule has 0 aromatic carbocycles. The topological polar surface area (TPSA) is 119 Å². The Labute approximate surface area is 121 Å². The Kier molecular flexibility index (Phi) is 6.31. The standard InChI is InChI=1S/C12H19N5O4/c1-3-5-13-12(19)9(2)15-11(18)4-6-16-8-10(7-14-16)17(20)21/h7-9H,3-6H2,1-2H3,(H,13,19)(H,15,18)/t9-/m0/s1. The molecule has 21 heavy (non-hydrogen) atoms. The van der Waals surface area contributed by atoms with E-state index in [2.05, 4.69) is 15.7 Å². The van der Waals surface area contributed by atoms with Crippen molar-refractivity contribution in [2.75, 3.05) is 6.54 Å². The van der Waals surface area contributed by atoms with Gasteiger partial charge in [-0.05, 0) is 13.3 Å².